The van der Waals surface area contributed by atoms with Crippen LogP contribution < -0.4 is 9.62 Å². The van der Waals surface area contributed by atoms with Gasteiger partial charge in [-0.3, -0.25) is 13.9 Å². The quantitative estimate of drug-likeness (QED) is 0.185. The summed E-state index contributed by atoms with van der Waals surface area (Å²) < 4.78 is 29.2. The molecule has 4 rings (SSSR count). The summed E-state index contributed by atoms with van der Waals surface area (Å²) in [5, 5.41) is 3.53. The van der Waals surface area contributed by atoms with E-state index >= 15 is 0 Å². The van der Waals surface area contributed by atoms with Crippen molar-refractivity contribution in [3.05, 3.63) is 131 Å². The largest absolute Gasteiger partial charge is 0.352 e. The van der Waals surface area contributed by atoms with Crippen molar-refractivity contribution < 1.29 is 18.0 Å². The number of carbonyl (C=O) groups is 2. The van der Waals surface area contributed by atoms with Crippen LogP contribution in [-0.4, -0.2) is 43.8 Å². The smallest absolute Gasteiger partial charge is 0.264 e. The van der Waals surface area contributed by atoms with E-state index in [4.69, 9.17) is 11.6 Å². The van der Waals surface area contributed by atoms with E-state index in [2.05, 4.69) is 5.32 Å². The minimum absolute atomic E-state index is 0.0536. The monoisotopic (exact) mass is 631 g/mol. The number of para-hydroxylation sites is 1. The number of nitrogens with one attached hydrogen (secondary N) is 1. The van der Waals surface area contributed by atoms with Crippen molar-refractivity contribution in [2.75, 3.05) is 10.8 Å². The zero-order valence-corrected chi connectivity index (χ0v) is 26.8. The number of sulfonamides is 1. The van der Waals surface area contributed by atoms with Gasteiger partial charge in [0, 0.05) is 24.0 Å². The van der Waals surface area contributed by atoms with Crippen LogP contribution in [0.3, 0.4) is 0 Å². The maximum absolute atomic E-state index is 14.4. The van der Waals surface area contributed by atoms with Crippen LogP contribution in [0.2, 0.25) is 5.02 Å². The first-order valence-electron chi connectivity index (χ1n) is 14.6. The highest BCUT2D eigenvalue weighted by molar-refractivity contribution is 7.92. The van der Waals surface area contributed by atoms with Gasteiger partial charge in [-0.2, -0.15) is 0 Å². The van der Waals surface area contributed by atoms with Crippen molar-refractivity contribution in [1.82, 2.24) is 10.2 Å². The van der Waals surface area contributed by atoms with Gasteiger partial charge in [0.1, 0.15) is 12.6 Å². The van der Waals surface area contributed by atoms with Gasteiger partial charge in [-0.15, -0.1) is 0 Å². The second kappa shape index (κ2) is 15.0. The number of benzene rings is 4. The van der Waals surface area contributed by atoms with E-state index in [1.54, 1.807) is 60.7 Å². The predicted octanol–water partition coefficient (Wildman–Crippen LogP) is 6.40. The third kappa shape index (κ3) is 8.49. The van der Waals surface area contributed by atoms with Crippen LogP contribution in [-0.2, 0) is 32.6 Å². The molecule has 230 valence electrons. The summed E-state index contributed by atoms with van der Waals surface area (Å²) in [4.78, 5) is 29.8. The molecule has 44 heavy (non-hydrogen) atoms. The van der Waals surface area contributed by atoms with Gasteiger partial charge in [0.25, 0.3) is 10.0 Å². The van der Waals surface area contributed by atoms with Crippen LogP contribution in [0, 0.1) is 6.92 Å². The molecule has 7 nitrogen and oxygen atoms in total. The van der Waals surface area contributed by atoms with Crippen molar-refractivity contribution in [3.8, 4) is 0 Å². The van der Waals surface area contributed by atoms with Gasteiger partial charge in [-0.1, -0.05) is 96.9 Å². The van der Waals surface area contributed by atoms with E-state index in [0.717, 1.165) is 15.4 Å². The van der Waals surface area contributed by atoms with E-state index in [1.165, 1.54) is 17.0 Å². The molecule has 4 aromatic carbocycles. The predicted molar refractivity (Wildman–Crippen MR) is 176 cm³/mol. The molecule has 0 saturated carbocycles. The van der Waals surface area contributed by atoms with Crippen molar-refractivity contribution in [3.63, 3.8) is 0 Å². The Morgan fingerprint density at radius 1 is 0.841 bits per heavy atom. The van der Waals surface area contributed by atoms with Gasteiger partial charge in [-0.25, -0.2) is 8.42 Å². The van der Waals surface area contributed by atoms with E-state index in [-0.39, 0.29) is 29.8 Å². The van der Waals surface area contributed by atoms with Crippen molar-refractivity contribution >= 4 is 39.1 Å². The minimum atomic E-state index is -4.14. The molecule has 0 aliphatic heterocycles. The van der Waals surface area contributed by atoms with Crippen LogP contribution in [0.15, 0.2) is 114 Å². The molecule has 9 heteroatoms. The van der Waals surface area contributed by atoms with E-state index in [9.17, 15) is 18.0 Å². The lowest BCUT2D eigenvalue weighted by atomic mass is 10.0. The SMILES string of the molecule is CCC(C)NC(=O)C(Cc1ccccc1)N(Cc1cccc(Cl)c1)C(=O)CN(c1ccccc1)S(=O)(=O)c1ccc(C)cc1. The topological polar surface area (TPSA) is 86.8 Å². The summed E-state index contributed by atoms with van der Waals surface area (Å²) in [5.41, 5.74) is 2.84. The molecule has 0 heterocycles. The Labute approximate surface area is 265 Å². The Morgan fingerprint density at radius 3 is 2.07 bits per heavy atom. The number of hydrogen-bond donors (Lipinski definition) is 1. The fourth-order valence-corrected chi connectivity index (χ4v) is 6.41. The number of amides is 2. The number of carbonyl (C=O) groups excluding carboxylic acids is 2. The lowest BCUT2D eigenvalue weighted by Gasteiger charge is -2.34. The lowest BCUT2D eigenvalue weighted by molar-refractivity contribution is -0.140. The molecular weight excluding hydrogens is 594 g/mol. The van der Waals surface area contributed by atoms with Gasteiger partial charge in [0.15, 0.2) is 0 Å². The minimum Gasteiger partial charge on any atom is -0.352 e. The summed E-state index contributed by atoms with van der Waals surface area (Å²) in [6.45, 7) is 5.30. The molecule has 0 spiro atoms. The molecule has 2 atom stereocenters. The summed E-state index contributed by atoms with van der Waals surface area (Å²) in [6, 6.07) is 30.6. The first-order chi connectivity index (χ1) is 21.1. The molecule has 0 aromatic heterocycles. The standard InChI is InChI=1S/C35H38ClN3O4S/c1-4-27(3)37-35(41)33(23-28-12-7-5-8-13-28)38(24-29-14-11-15-30(36)22-29)34(40)25-39(31-16-9-6-10-17-31)44(42,43)32-20-18-26(2)19-21-32/h5-22,27,33H,4,23-25H2,1-3H3,(H,37,41). The molecule has 4 aromatic rings. The van der Waals surface area contributed by atoms with Crippen molar-refractivity contribution in [2.45, 2.75) is 57.1 Å². The highest BCUT2D eigenvalue weighted by Crippen LogP contribution is 2.25. The van der Waals surface area contributed by atoms with E-state index < -0.39 is 28.5 Å². The molecule has 0 fully saturated rings. The summed E-state index contributed by atoms with van der Waals surface area (Å²) in [5.74, 6) is -0.837. The summed E-state index contributed by atoms with van der Waals surface area (Å²) >= 11 is 6.30. The summed E-state index contributed by atoms with van der Waals surface area (Å²) in [7, 11) is -4.14. The Morgan fingerprint density at radius 2 is 1.45 bits per heavy atom. The van der Waals surface area contributed by atoms with Crippen LogP contribution in [0.1, 0.15) is 37.0 Å². The number of anilines is 1. The Hall–Kier alpha value is -4.14. The zero-order chi connectivity index (χ0) is 31.7. The van der Waals surface area contributed by atoms with Gasteiger partial charge >= 0.3 is 0 Å². The second-order valence-corrected chi connectivity index (χ2v) is 13.1. The van der Waals surface area contributed by atoms with E-state index in [1.807, 2.05) is 57.2 Å². The van der Waals surface area contributed by atoms with Crippen LogP contribution in [0.5, 0.6) is 0 Å². The fraction of sp³-hybridized carbons (Fsp3) is 0.257. The Bertz CT molecular complexity index is 1650. The zero-order valence-electron chi connectivity index (χ0n) is 25.2. The normalized spacial score (nSPS) is 12.6. The van der Waals surface area contributed by atoms with Gasteiger partial charge < -0.3 is 10.2 Å². The number of hydrogen-bond acceptors (Lipinski definition) is 4. The molecule has 2 unspecified atom stereocenters. The number of halogens is 1. The van der Waals surface area contributed by atoms with Crippen molar-refractivity contribution in [1.29, 1.82) is 0 Å². The van der Waals surface area contributed by atoms with Crippen molar-refractivity contribution in [2.24, 2.45) is 0 Å². The first-order valence-corrected chi connectivity index (χ1v) is 16.4. The molecule has 0 aliphatic rings. The van der Waals surface area contributed by atoms with Gasteiger partial charge in [-0.05, 0) is 67.8 Å². The lowest BCUT2D eigenvalue weighted by Crippen LogP contribution is -2.54. The highest BCUT2D eigenvalue weighted by Gasteiger charge is 2.35. The number of nitrogens with zero attached hydrogens (tertiary/aromatic N) is 2. The van der Waals surface area contributed by atoms with Crippen LogP contribution >= 0.6 is 11.6 Å². The van der Waals surface area contributed by atoms with Crippen LogP contribution in [0.4, 0.5) is 5.69 Å². The number of rotatable bonds is 13. The Kier molecular flexibility index (Phi) is 11.2. The Balaban J connectivity index is 1.79. The molecule has 0 bridgehead atoms. The molecule has 1 N–H and O–H groups in total. The third-order valence-corrected chi connectivity index (χ3v) is 9.47. The van der Waals surface area contributed by atoms with Gasteiger partial charge in [0.2, 0.25) is 11.8 Å². The molecule has 0 radical (unpaired) electrons. The third-order valence-electron chi connectivity index (χ3n) is 7.45. The average Bonchev–Trinajstić information content (AvgIpc) is 3.02. The van der Waals surface area contributed by atoms with Crippen LogP contribution in [0.25, 0.3) is 0 Å². The second-order valence-electron chi connectivity index (χ2n) is 10.8. The maximum Gasteiger partial charge on any atom is 0.264 e. The molecule has 2 amide bonds. The van der Waals surface area contributed by atoms with Gasteiger partial charge in [0.05, 0.1) is 10.6 Å². The highest BCUT2D eigenvalue weighted by atomic mass is 35.5. The fourth-order valence-electron chi connectivity index (χ4n) is 4.79. The maximum atomic E-state index is 14.4. The first kappa shape index (κ1) is 32.8. The summed E-state index contributed by atoms with van der Waals surface area (Å²) in [6.07, 6.45) is 0.952. The number of aryl methyl sites for hydroxylation is 1. The molecule has 0 saturated heterocycles. The average molecular weight is 632 g/mol. The molecule has 0 aliphatic carbocycles. The van der Waals surface area contributed by atoms with E-state index in [0.29, 0.717) is 22.7 Å². The molecular formula is C35H38ClN3O4S.